The Morgan fingerprint density at radius 3 is 2.58 bits per heavy atom. The van der Waals surface area contributed by atoms with Crippen LogP contribution in [0.3, 0.4) is 0 Å². The molecule has 33 heavy (non-hydrogen) atoms. The quantitative estimate of drug-likeness (QED) is 0.518. The highest BCUT2D eigenvalue weighted by Gasteiger charge is 2.29. The van der Waals surface area contributed by atoms with Crippen LogP contribution in [0, 0.1) is 5.92 Å². The van der Waals surface area contributed by atoms with Crippen molar-refractivity contribution in [1.29, 1.82) is 0 Å². The molecule has 0 radical (unpaired) electrons. The number of amides is 1. The molecule has 3 N–H and O–H groups in total. The second-order valence-corrected chi connectivity index (χ2v) is 10.7. The van der Waals surface area contributed by atoms with Crippen LogP contribution in [0.2, 0.25) is 0 Å². The average molecular weight is 472 g/mol. The minimum absolute atomic E-state index is 0.161. The Hall–Kier alpha value is -2.88. The lowest BCUT2D eigenvalue weighted by Crippen LogP contribution is -2.47. The summed E-state index contributed by atoms with van der Waals surface area (Å²) in [6.07, 6.45) is 4.13. The molecule has 1 aliphatic heterocycles. The van der Waals surface area contributed by atoms with E-state index in [0.717, 1.165) is 11.1 Å². The molecule has 176 valence electrons. The highest BCUT2D eigenvalue weighted by Crippen LogP contribution is 2.30. The smallest absolute Gasteiger partial charge is 0.248 e. The van der Waals surface area contributed by atoms with Crippen LogP contribution in [0.4, 0.5) is 0 Å². The molecule has 1 unspecified atom stereocenters. The van der Waals surface area contributed by atoms with Crippen LogP contribution in [0.15, 0.2) is 65.7 Å². The molecule has 2 aromatic carbocycles. The summed E-state index contributed by atoms with van der Waals surface area (Å²) < 4.78 is 34.7. The van der Waals surface area contributed by atoms with Gasteiger partial charge < -0.3 is 20.1 Å². The van der Waals surface area contributed by atoms with E-state index in [4.69, 9.17) is 4.74 Å². The van der Waals surface area contributed by atoms with E-state index in [9.17, 15) is 18.3 Å². The maximum atomic E-state index is 13.1. The van der Waals surface area contributed by atoms with E-state index in [0.29, 0.717) is 24.8 Å². The fourth-order valence-electron chi connectivity index (χ4n) is 3.56. The molecule has 1 aliphatic carbocycles. The van der Waals surface area contributed by atoms with Gasteiger partial charge in [0.1, 0.15) is 5.75 Å². The molecule has 2 aliphatic rings. The van der Waals surface area contributed by atoms with Crippen LogP contribution in [-0.4, -0.2) is 37.3 Å². The van der Waals surface area contributed by atoms with Gasteiger partial charge in [0.15, 0.2) is 0 Å². The molecule has 1 atom stereocenters. The SMILES string of the molecule is CC(C)(NS(=O)(=O)c1cccc(OCC2CC2)c1)c1ccc(CN2C=CC(=O)NC2O)cc1. The van der Waals surface area contributed by atoms with Crippen molar-refractivity contribution in [2.45, 2.75) is 50.0 Å². The van der Waals surface area contributed by atoms with E-state index in [1.54, 1.807) is 43.0 Å². The summed E-state index contributed by atoms with van der Waals surface area (Å²) >= 11 is 0. The number of carbonyl (C=O) groups excluding carboxylic acids is 1. The summed E-state index contributed by atoms with van der Waals surface area (Å²) in [7, 11) is -3.78. The number of carbonyl (C=O) groups is 1. The van der Waals surface area contributed by atoms with E-state index in [1.807, 2.05) is 24.3 Å². The van der Waals surface area contributed by atoms with Crippen molar-refractivity contribution in [2.24, 2.45) is 5.92 Å². The molecule has 2 aromatic rings. The third-order valence-electron chi connectivity index (χ3n) is 5.73. The zero-order valence-electron chi connectivity index (χ0n) is 18.7. The second kappa shape index (κ2) is 9.17. The van der Waals surface area contributed by atoms with E-state index >= 15 is 0 Å². The fourth-order valence-corrected chi connectivity index (χ4v) is 5.00. The van der Waals surface area contributed by atoms with Gasteiger partial charge in [0.05, 0.1) is 17.0 Å². The zero-order chi connectivity index (χ0) is 23.6. The van der Waals surface area contributed by atoms with Gasteiger partial charge in [-0.05, 0) is 55.9 Å². The number of nitrogens with one attached hydrogen (secondary N) is 2. The molecule has 1 saturated carbocycles. The summed E-state index contributed by atoms with van der Waals surface area (Å²) in [5.41, 5.74) is 0.831. The maximum absolute atomic E-state index is 13.1. The van der Waals surface area contributed by atoms with E-state index < -0.39 is 21.9 Å². The van der Waals surface area contributed by atoms with Crippen molar-refractivity contribution in [3.05, 3.63) is 71.9 Å². The first-order valence-corrected chi connectivity index (χ1v) is 12.4. The molecular formula is C24H29N3O5S. The summed E-state index contributed by atoms with van der Waals surface area (Å²) in [5.74, 6) is 0.790. The molecule has 1 amide bonds. The lowest BCUT2D eigenvalue weighted by atomic mass is 9.95. The van der Waals surface area contributed by atoms with Crippen LogP contribution >= 0.6 is 0 Å². The van der Waals surface area contributed by atoms with Gasteiger partial charge in [-0.25, -0.2) is 13.1 Å². The number of hydrogen-bond donors (Lipinski definition) is 3. The molecule has 1 fully saturated rings. The van der Waals surface area contributed by atoms with E-state index in [1.165, 1.54) is 25.1 Å². The van der Waals surface area contributed by atoms with E-state index in [-0.39, 0.29) is 10.8 Å². The number of benzene rings is 2. The second-order valence-electron chi connectivity index (χ2n) is 9.03. The Balaban J connectivity index is 1.43. The number of ether oxygens (including phenoxy) is 1. The molecule has 4 rings (SSSR count). The predicted octanol–water partition coefficient (Wildman–Crippen LogP) is 2.41. The molecule has 0 bridgehead atoms. The standard InChI is InChI=1S/C24H29N3O5S/c1-24(2,19-10-8-17(9-11-19)15-27-13-12-22(28)25-23(27)29)26-33(30,31)21-5-3-4-20(14-21)32-16-18-6-7-18/h3-5,8-14,18,23,26,29H,6-7,15-16H2,1-2H3,(H,25,28). The Kier molecular flexibility index (Phi) is 6.47. The average Bonchev–Trinajstić information content (AvgIpc) is 3.59. The highest BCUT2D eigenvalue weighted by molar-refractivity contribution is 7.89. The van der Waals surface area contributed by atoms with Crippen molar-refractivity contribution < 1.29 is 23.1 Å². The van der Waals surface area contributed by atoms with Gasteiger partial charge in [-0.1, -0.05) is 30.3 Å². The van der Waals surface area contributed by atoms with Crippen molar-refractivity contribution in [2.75, 3.05) is 6.61 Å². The number of nitrogens with zero attached hydrogens (tertiary/aromatic N) is 1. The third kappa shape index (κ3) is 5.93. The number of aliphatic hydroxyl groups is 1. The first-order valence-electron chi connectivity index (χ1n) is 10.9. The minimum Gasteiger partial charge on any atom is -0.493 e. The summed E-state index contributed by atoms with van der Waals surface area (Å²) in [5, 5.41) is 12.4. The van der Waals surface area contributed by atoms with Crippen molar-refractivity contribution >= 4 is 15.9 Å². The summed E-state index contributed by atoms with van der Waals surface area (Å²) in [4.78, 5) is 13.0. The molecule has 1 heterocycles. The Morgan fingerprint density at radius 1 is 1.18 bits per heavy atom. The van der Waals surface area contributed by atoms with Gasteiger partial charge in [0, 0.05) is 24.9 Å². The lowest BCUT2D eigenvalue weighted by Gasteiger charge is -2.30. The Bertz CT molecular complexity index is 1140. The predicted molar refractivity (Wildman–Crippen MR) is 123 cm³/mol. The lowest BCUT2D eigenvalue weighted by molar-refractivity contribution is -0.124. The van der Waals surface area contributed by atoms with Gasteiger partial charge in [-0.3, -0.25) is 4.79 Å². The highest BCUT2D eigenvalue weighted by atomic mass is 32.2. The van der Waals surface area contributed by atoms with Crippen LogP contribution in [0.5, 0.6) is 5.75 Å². The number of sulfonamides is 1. The number of hydrogen-bond acceptors (Lipinski definition) is 6. The van der Waals surface area contributed by atoms with Crippen LogP contribution in [0.25, 0.3) is 0 Å². The van der Waals surface area contributed by atoms with Crippen LogP contribution < -0.4 is 14.8 Å². The monoisotopic (exact) mass is 471 g/mol. The van der Waals surface area contributed by atoms with Gasteiger partial charge in [-0.2, -0.15) is 0 Å². The fraction of sp³-hybridized carbons (Fsp3) is 0.375. The molecular weight excluding hydrogens is 442 g/mol. The minimum atomic E-state index is -3.78. The first-order chi connectivity index (χ1) is 15.6. The molecule has 0 spiro atoms. The summed E-state index contributed by atoms with van der Waals surface area (Å²) in [6, 6.07) is 14.0. The van der Waals surface area contributed by atoms with Crippen molar-refractivity contribution in [1.82, 2.24) is 14.9 Å². The van der Waals surface area contributed by atoms with E-state index in [2.05, 4.69) is 10.0 Å². The largest absolute Gasteiger partial charge is 0.493 e. The Labute approximate surface area is 194 Å². The maximum Gasteiger partial charge on any atom is 0.248 e. The Morgan fingerprint density at radius 2 is 1.91 bits per heavy atom. The molecule has 0 saturated heterocycles. The first kappa shape index (κ1) is 23.3. The third-order valence-corrected chi connectivity index (χ3v) is 7.39. The normalized spacial score (nSPS) is 18.8. The molecule has 0 aromatic heterocycles. The van der Waals surface area contributed by atoms with Crippen LogP contribution in [0.1, 0.15) is 37.8 Å². The van der Waals surface area contributed by atoms with Gasteiger partial charge >= 0.3 is 0 Å². The van der Waals surface area contributed by atoms with Crippen molar-refractivity contribution in [3.63, 3.8) is 0 Å². The summed E-state index contributed by atoms with van der Waals surface area (Å²) in [6.45, 7) is 4.61. The van der Waals surface area contributed by atoms with Crippen molar-refractivity contribution in [3.8, 4) is 5.75 Å². The van der Waals surface area contributed by atoms with Gasteiger partial charge in [-0.15, -0.1) is 0 Å². The van der Waals surface area contributed by atoms with Crippen LogP contribution in [-0.2, 0) is 26.9 Å². The topological polar surface area (TPSA) is 108 Å². The number of rotatable bonds is 9. The zero-order valence-corrected chi connectivity index (χ0v) is 19.5. The van der Waals surface area contributed by atoms with Gasteiger partial charge in [0.2, 0.25) is 22.3 Å². The molecule has 9 heteroatoms. The number of aliphatic hydroxyl groups excluding tert-OH is 1. The molecule has 8 nitrogen and oxygen atoms in total. The van der Waals surface area contributed by atoms with Gasteiger partial charge in [0.25, 0.3) is 0 Å².